The SMILES string of the molecule is Cc1cc(C(=O)c2ccc(Cl)s2)co1. The second-order valence-electron chi connectivity index (χ2n) is 2.88. The number of thiophene rings is 1. The second-order valence-corrected chi connectivity index (χ2v) is 4.59. The Morgan fingerprint density at radius 2 is 2.29 bits per heavy atom. The Kier molecular flexibility index (Phi) is 2.44. The number of carbonyl (C=O) groups is 1. The topological polar surface area (TPSA) is 30.2 Å². The van der Waals surface area contributed by atoms with Gasteiger partial charge in [-0.2, -0.15) is 0 Å². The van der Waals surface area contributed by atoms with E-state index in [4.69, 9.17) is 16.0 Å². The first-order valence-corrected chi connectivity index (χ1v) is 5.21. The summed E-state index contributed by atoms with van der Waals surface area (Å²) in [6, 6.07) is 5.15. The number of rotatable bonds is 2. The fourth-order valence-corrected chi connectivity index (χ4v) is 2.15. The van der Waals surface area contributed by atoms with E-state index in [-0.39, 0.29) is 5.78 Å². The zero-order valence-corrected chi connectivity index (χ0v) is 8.98. The van der Waals surface area contributed by atoms with Crippen LogP contribution < -0.4 is 0 Å². The van der Waals surface area contributed by atoms with Crippen molar-refractivity contribution in [2.45, 2.75) is 6.92 Å². The van der Waals surface area contributed by atoms with Gasteiger partial charge in [0.1, 0.15) is 12.0 Å². The minimum absolute atomic E-state index is 0.0428. The summed E-state index contributed by atoms with van der Waals surface area (Å²) < 4.78 is 5.68. The van der Waals surface area contributed by atoms with Gasteiger partial charge in [0.15, 0.2) is 0 Å². The number of hydrogen-bond acceptors (Lipinski definition) is 3. The van der Waals surface area contributed by atoms with Gasteiger partial charge in [-0.05, 0) is 25.1 Å². The monoisotopic (exact) mass is 226 g/mol. The van der Waals surface area contributed by atoms with Crippen molar-refractivity contribution in [1.82, 2.24) is 0 Å². The van der Waals surface area contributed by atoms with Crippen LogP contribution in [0.4, 0.5) is 0 Å². The zero-order chi connectivity index (χ0) is 10.1. The lowest BCUT2D eigenvalue weighted by atomic mass is 10.2. The lowest BCUT2D eigenvalue weighted by molar-refractivity contribution is 0.104. The predicted octanol–water partition coefficient (Wildman–Crippen LogP) is 3.53. The maximum Gasteiger partial charge on any atom is 0.206 e. The van der Waals surface area contributed by atoms with Crippen molar-refractivity contribution in [2.75, 3.05) is 0 Å². The Labute approximate surface area is 90.1 Å². The van der Waals surface area contributed by atoms with Crippen LogP contribution >= 0.6 is 22.9 Å². The molecular weight excluding hydrogens is 220 g/mol. The third-order valence-electron chi connectivity index (χ3n) is 1.79. The lowest BCUT2D eigenvalue weighted by Crippen LogP contribution is -1.95. The van der Waals surface area contributed by atoms with Gasteiger partial charge in [-0.3, -0.25) is 4.79 Å². The number of carbonyl (C=O) groups excluding carboxylic acids is 1. The van der Waals surface area contributed by atoms with Gasteiger partial charge in [0, 0.05) is 0 Å². The molecule has 0 aliphatic carbocycles. The molecule has 0 aromatic carbocycles. The number of halogens is 1. The molecule has 0 spiro atoms. The molecule has 0 N–H and O–H groups in total. The number of aryl methyl sites for hydroxylation is 1. The zero-order valence-electron chi connectivity index (χ0n) is 7.41. The van der Waals surface area contributed by atoms with E-state index in [0.29, 0.717) is 14.8 Å². The van der Waals surface area contributed by atoms with Gasteiger partial charge in [0.2, 0.25) is 5.78 Å². The van der Waals surface area contributed by atoms with Crippen molar-refractivity contribution >= 4 is 28.7 Å². The molecule has 72 valence electrons. The molecule has 0 aliphatic heterocycles. The van der Waals surface area contributed by atoms with Crippen molar-refractivity contribution in [2.24, 2.45) is 0 Å². The van der Waals surface area contributed by atoms with E-state index in [1.54, 1.807) is 25.1 Å². The van der Waals surface area contributed by atoms with E-state index < -0.39 is 0 Å². The molecule has 0 fully saturated rings. The molecular formula is C10H7ClO2S. The summed E-state index contributed by atoms with van der Waals surface area (Å²) >= 11 is 7.01. The van der Waals surface area contributed by atoms with Crippen LogP contribution in [0.3, 0.4) is 0 Å². The number of furan rings is 1. The smallest absolute Gasteiger partial charge is 0.206 e. The van der Waals surface area contributed by atoms with E-state index in [1.807, 2.05) is 0 Å². The maximum atomic E-state index is 11.8. The van der Waals surface area contributed by atoms with Crippen LogP contribution in [-0.4, -0.2) is 5.78 Å². The highest BCUT2D eigenvalue weighted by atomic mass is 35.5. The first-order chi connectivity index (χ1) is 6.66. The average Bonchev–Trinajstić information content (AvgIpc) is 2.73. The molecule has 0 bridgehead atoms. The van der Waals surface area contributed by atoms with Gasteiger partial charge in [-0.15, -0.1) is 11.3 Å². The van der Waals surface area contributed by atoms with Crippen LogP contribution in [0.15, 0.2) is 28.9 Å². The summed E-state index contributed by atoms with van der Waals surface area (Å²) in [5.41, 5.74) is 0.570. The summed E-state index contributed by atoms with van der Waals surface area (Å²) in [4.78, 5) is 12.4. The standard InChI is InChI=1S/C10H7ClO2S/c1-6-4-7(5-13-6)10(12)8-2-3-9(11)14-8/h2-5H,1H3. The number of hydrogen-bond donors (Lipinski definition) is 0. The molecule has 14 heavy (non-hydrogen) atoms. The average molecular weight is 227 g/mol. The third kappa shape index (κ3) is 1.74. The van der Waals surface area contributed by atoms with Gasteiger partial charge in [0.05, 0.1) is 14.8 Å². The minimum atomic E-state index is -0.0428. The lowest BCUT2D eigenvalue weighted by Gasteiger charge is -1.89. The molecule has 0 unspecified atom stereocenters. The Morgan fingerprint density at radius 1 is 1.50 bits per heavy atom. The molecule has 0 radical (unpaired) electrons. The van der Waals surface area contributed by atoms with E-state index in [2.05, 4.69) is 0 Å². The van der Waals surface area contributed by atoms with Crippen LogP contribution in [0.25, 0.3) is 0 Å². The Hall–Kier alpha value is -1.06. The maximum absolute atomic E-state index is 11.8. The van der Waals surface area contributed by atoms with E-state index in [0.717, 1.165) is 5.76 Å². The summed E-state index contributed by atoms with van der Waals surface area (Å²) in [6.07, 6.45) is 1.46. The van der Waals surface area contributed by atoms with Crippen molar-refractivity contribution in [3.8, 4) is 0 Å². The van der Waals surface area contributed by atoms with Crippen molar-refractivity contribution in [3.05, 3.63) is 45.0 Å². The highest BCUT2D eigenvalue weighted by Gasteiger charge is 2.13. The Morgan fingerprint density at radius 3 is 2.79 bits per heavy atom. The first-order valence-electron chi connectivity index (χ1n) is 4.02. The van der Waals surface area contributed by atoms with Crippen LogP contribution in [0, 0.1) is 6.92 Å². The molecule has 0 aliphatic rings. The molecule has 2 rings (SSSR count). The summed E-state index contributed by atoms with van der Waals surface area (Å²) in [5, 5.41) is 0. The number of ketones is 1. The summed E-state index contributed by atoms with van der Waals surface area (Å²) in [7, 11) is 0. The summed E-state index contributed by atoms with van der Waals surface area (Å²) in [6.45, 7) is 1.80. The first kappa shape index (κ1) is 9.49. The van der Waals surface area contributed by atoms with Crippen LogP contribution in [0.1, 0.15) is 21.0 Å². The minimum Gasteiger partial charge on any atom is -0.469 e. The molecule has 0 saturated heterocycles. The highest BCUT2D eigenvalue weighted by Crippen LogP contribution is 2.24. The van der Waals surface area contributed by atoms with Gasteiger partial charge in [-0.25, -0.2) is 0 Å². The van der Waals surface area contributed by atoms with Crippen LogP contribution in [0.2, 0.25) is 4.34 Å². The third-order valence-corrected chi connectivity index (χ3v) is 3.02. The second kappa shape index (κ2) is 3.59. The van der Waals surface area contributed by atoms with Crippen molar-refractivity contribution in [1.29, 1.82) is 0 Å². The highest BCUT2D eigenvalue weighted by molar-refractivity contribution is 7.18. The Bertz CT molecular complexity index is 428. The van der Waals surface area contributed by atoms with E-state index in [9.17, 15) is 4.79 Å². The van der Waals surface area contributed by atoms with Gasteiger partial charge in [0.25, 0.3) is 0 Å². The fourth-order valence-electron chi connectivity index (χ4n) is 1.14. The molecule has 2 nitrogen and oxygen atoms in total. The van der Waals surface area contributed by atoms with Gasteiger partial charge < -0.3 is 4.42 Å². The molecule has 4 heteroatoms. The van der Waals surface area contributed by atoms with E-state index in [1.165, 1.54) is 17.6 Å². The van der Waals surface area contributed by atoms with E-state index >= 15 is 0 Å². The molecule has 2 heterocycles. The molecule has 0 amide bonds. The summed E-state index contributed by atoms with van der Waals surface area (Å²) in [5.74, 6) is 0.690. The molecule has 0 atom stereocenters. The quantitative estimate of drug-likeness (QED) is 0.734. The molecule has 0 saturated carbocycles. The fraction of sp³-hybridized carbons (Fsp3) is 0.100. The predicted molar refractivity (Wildman–Crippen MR) is 56.2 cm³/mol. The van der Waals surface area contributed by atoms with Crippen molar-refractivity contribution in [3.63, 3.8) is 0 Å². The van der Waals surface area contributed by atoms with Gasteiger partial charge >= 0.3 is 0 Å². The van der Waals surface area contributed by atoms with Gasteiger partial charge in [-0.1, -0.05) is 11.6 Å². The molecule has 2 aromatic rings. The largest absolute Gasteiger partial charge is 0.469 e. The van der Waals surface area contributed by atoms with Crippen LogP contribution in [-0.2, 0) is 0 Å². The van der Waals surface area contributed by atoms with Crippen molar-refractivity contribution < 1.29 is 9.21 Å². The Balaban J connectivity index is 2.33. The van der Waals surface area contributed by atoms with Crippen LogP contribution in [0.5, 0.6) is 0 Å². The molecule has 2 aromatic heterocycles. The normalized spacial score (nSPS) is 10.4.